The van der Waals surface area contributed by atoms with Gasteiger partial charge in [-0.1, -0.05) is 54.6 Å². The molecule has 0 radical (unpaired) electrons. The Bertz CT molecular complexity index is 789. The molecule has 1 aromatic heterocycles. The number of ether oxygens (including phenoxy) is 1. The van der Waals surface area contributed by atoms with Crippen molar-refractivity contribution in [1.82, 2.24) is 10.2 Å². The summed E-state index contributed by atoms with van der Waals surface area (Å²) in [6.07, 6.45) is 1.03. The highest BCUT2D eigenvalue weighted by Crippen LogP contribution is 2.30. The number of para-hydroxylation sites is 1. The Morgan fingerprint density at radius 2 is 1.74 bits per heavy atom. The summed E-state index contributed by atoms with van der Waals surface area (Å²) in [5.41, 5.74) is 2.55. The first-order chi connectivity index (χ1) is 13.3. The molecule has 1 atom stereocenters. The minimum absolute atomic E-state index is 0.0815. The Morgan fingerprint density at radius 1 is 0.963 bits per heavy atom. The van der Waals surface area contributed by atoms with E-state index in [0.717, 1.165) is 31.8 Å². The number of nitrogens with one attached hydrogen (secondary N) is 1. The van der Waals surface area contributed by atoms with Crippen molar-refractivity contribution in [2.45, 2.75) is 25.6 Å². The summed E-state index contributed by atoms with van der Waals surface area (Å²) < 4.78 is 6.49. The Hall–Kier alpha value is -2.14. The number of hydrogen-bond acceptors (Lipinski definition) is 4. The highest BCUT2D eigenvalue weighted by atomic mass is 32.1. The van der Waals surface area contributed by atoms with E-state index < -0.39 is 0 Å². The number of nitrogens with zero attached hydrogens (tertiary/aromatic N) is 1. The molecular formula is C23H28N2OS. The van der Waals surface area contributed by atoms with Crippen LogP contribution in [0, 0.1) is 0 Å². The molecule has 4 heteroatoms. The fourth-order valence-corrected chi connectivity index (χ4v) is 3.94. The highest BCUT2D eigenvalue weighted by Gasteiger charge is 2.16. The van der Waals surface area contributed by atoms with Crippen molar-refractivity contribution in [3.8, 4) is 5.75 Å². The maximum absolute atomic E-state index is 6.49. The number of hydrogen-bond donors (Lipinski definition) is 1. The van der Waals surface area contributed by atoms with Gasteiger partial charge in [0.25, 0.3) is 0 Å². The van der Waals surface area contributed by atoms with Crippen LogP contribution in [-0.2, 0) is 13.1 Å². The SMILES string of the molecule is CNCCC(Oc1ccccc1CN(C)Cc1ccccc1)c1cccs1. The van der Waals surface area contributed by atoms with Gasteiger partial charge in [0.1, 0.15) is 11.9 Å². The van der Waals surface area contributed by atoms with Crippen LogP contribution in [0.4, 0.5) is 0 Å². The summed E-state index contributed by atoms with van der Waals surface area (Å²) in [4.78, 5) is 3.60. The summed E-state index contributed by atoms with van der Waals surface area (Å²) in [6, 6.07) is 23.2. The summed E-state index contributed by atoms with van der Waals surface area (Å²) in [6.45, 7) is 2.70. The third-order valence-electron chi connectivity index (χ3n) is 4.49. The van der Waals surface area contributed by atoms with Gasteiger partial charge in [0.05, 0.1) is 0 Å². The molecule has 3 rings (SSSR count). The Morgan fingerprint density at radius 3 is 2.48 bits per heavy atom. The van der Waals surface area contributed by atoms with Crippen LogP contribution in [0.1, 0.15) is 28.5 Å². The molecule has 27 heavy (non-hydrogen) atoms. The van der Waals surface area contributed by atoms with Crippen LogP contribution in [0.3, 0.4) is 0 Å². The van der Waals surface area contributed by atoms with Crippen molar-refractivity contribution in [2.24, 2.45) is 0 Å². The van der Waals surface area contributed by atoms with Crippen LogP contribution in [-0.4, -0.2) is 25.5 Å². The standard InChI is InChI=1S/C23H28N2OS/c1-24-15-14-22(23-13-8-16-27-23)26-21-12-7-6-11-20(21)18-25(2)17-19-9-4-3-5-10-19/h3-13,16,22,24H,14-15,17-18H2,1-2H3. The molecule has 0 saturated heterocycles. The molecule has 0 spiro atoms. The molecule has 1 heterocycles. The van der Waals surface area contributed by atoms with Gasteiger partial charge >= 0.3 is 0 Å². The van der Waals surface area contributed by atoms with Gasteiger partial charge in [0.15, 0.2) is 0 Å². The van der Waals surface area contributed by atoms with E-state index in [0.29, 0.717) is 0 Å². The van der Waals surface area contributed by atoms with Crippen LogP contribution in [0.2, 0.25) is 0 Å². The Kier molecular flexibility index (Phi) is 7.45. The molecule has 0 aliphatic heterocycles. The lowest BCUT2D eigenvalue weighted by Gasteiger charge is -2.23. The number of thiophene rings is 1. The maximum Gasteiger partial charge on any atom is 0.134 e. The summed E-state index contributed by atoms with van der Waals surface area (Å²) in [5, 5.41) is 5.35. The maximum atomic E-state index is 6.49. The van der Waals surface area contributed by atoms with Crippen LogP contribution in [0.15, 0.2) is 72.1 Å². The average Bonchev–Trinajstić information content (AvgIpc) is 3.22. The lowest BCUT2D eigenvalue weighted by atomic mass is 10.1. The van der Waals surface area contributed by atoms with Crippen molar-refractivity contribution in [2.75, 3.05) is 20.6 Å². The lowest BCUT2D eigenvalue weighted by Crippen LogP contribution is -2.19. The monoisotopic (exact) mass is 380 g/mol. The van der Waals surface area contributed by atoms with E-state index in [2.05, 4.69) is 89.4 Å². The van der Waals surface area contributed by atoms with Crippen molar-refractivity contribution in [1.29, 1.82) is 0 Å². The van der Waals surface area contributed by atoms with Crippen molar-refractivity contribution in [3.63, 3.8) is 0 Å². The Labute approximate surface area is 166 Å². The van der Waals surface area contributed by atoms with Crippen molar-refractivity contribution in [3.05, 3.63) is 88.1 Å². The molecule has 1 N–H and O–H groups in total. The quantitative estimate of drug-likeness (QED) is 0.529. The first-order valence-corrected chi connectivity index (χ1v) is 10.3. The van der Waals surface area contributed by atoms with Gasteiger partial charge in [-0.15, -0.1) is 11.3 Å². The number of rotatable bonds is 10. The third kappa shape index (κ3) is 5.93. The van der Waals surface area contributed by atoms with Gasteiger partial charge in [-0.25, -0.2) is 0 Å². The van der Waals surface area contributed by atoms with Gasteiger partial charge in [0.2, 0.25) is 0 Å². The van der Waals surface area contributed by atoms with Crippen LogP contribution < -0.4 is 10.1 Å². The van der Waals surface area contributed by atoms with E-state index in [9.17, 15) is 0 Å². The molecule has 0 amide bonds. The summed E-state index contributed by atoms with van der Waals surface area (Å²) in [5.74, 6) is 0.979. The molecular weight excluding hydrogens is 352 g/mol. The van der Waals surface area contributed by atoms with Gasteiger partial charge in [-0.05, 0) is 43.7 Å². The fraction of sp³-hybridized carbons (Fsp3) is 0.304. The molecule has 0 fully saturated rings. The predicted molar refractivity (Wildman–Crippen MR) is 114 cm³/mol. The second kappa shape index (κ2) is 10.3. The van der Waals surface area contributed by atoms with E-state index >= 15 is 0 Å². The minimum Gasteiger partial charge on any atom is -0.485 e. The normalized spacial score (nSPS) is 12.3. The zero-order valence-electron chi connectivity index (χ0n) is 16.1. The molecule has 3 nitrogen and oxygen atoms in total. The lowest BCUT2D eigenvalue weighted by molar-refractivity contribution is 0.193. The van der Waals surface area contributed by atoms with E-state index in [1.165, 1.54) is 16.0 Å². The largest absolute Gasteiger partial charge is 0.485 e. The van der Waals surface area contributed by atoms with Crippen LogP contribution in [0.5, 0.6) is 5.75 Å². The Balaban J connectivity index is 1.70. The third-order valence-corrected chi connectivity index (χ3v) is 5.46. The predicted octanol–water partition coefficient (Wildman–Crippen LogP) is 5.11. The number of benzene rings is 2. The molecule has 1 unspecified atom stereocenters. The molecule has 0 saturated carbocycles. The topological polar surface area (TPSA) is 24.5 Å². The smallest absolute Gasteiger partial charge is 0.134 e. The molecule has 0 bridgehead atoms. The van der Waals surface area contributed by atoms with Crippen molar-refractivity contribution >= 4 is 11.3 Å². The first-order valence-electron chi connectivity index (χ1n) is 9.41. The van der Waals surface area contributed by atoms with Crippen LogP contribution in [0.25, 0.3) is 0 Å². The summed E-state index contributed by atoms with van der Waals surface area (Å²) >= 11 is 1.76. The molecule has 0 aliphatic carbocycles. The molecule has 2 aromatic carbocycles. The molecule has 0 aliphatic rings. The highest BCUT2D eigenvalue weighted by molar-refractivity contribution is 7.10. The van der Waals surface area contributed by atoms with Crippen molar-refractivity contribution < 1.29 is 4.74 Å². The van der Waals surface area contributed by atoms with Gasteiger partial charge in [-0.2, -0.15) is 0 Å². The zero-order chi connectivity index (χ0) is 18.9. The minimum atomic E-state index is 0.0815. The van der Waals surface area contributed by atoms with Gasteiger partial charge in [-0.3, -0.25) is 4.90 Å². The van der Waals surface area contributed by atoms with Gasteiger partial charge in [0, 0.05) is 30.0 Å². The molecule has 3 aromatic rings. The second-order valence-corrected chi connectivity index (χ2v) is 7.76. The van der Waals surface area contributed by atoms with Gasteiger partial charge < -0.3 is 10.1 Å². The average molecular weight is 381 g/mol. The van der Waals surface area contributed by atoms with E-state index in [1.807, 2.05) is 7.05 Å². The summed E-state index contributed by atoms with van der Waals surface area (Å²) in [7, 11) is 4.14. The molecule has 142 valence electrons. The van der Waals surface area contributed by atoms with E-state index in [1.54, 1.807) is 11.3 Å². The van der Waals surface area contributed by atoms with E-state index in [4.69, 9.17) is 4.74 Å². The van der Waals surface area contributed by atoms with E-state index in [-0.39, 0.29) is 6.10 Å². The van der Waals surface area contributed by atoms with Crippen LogP contribution >= 0.6 is 11.3 Å². The zero-order valence-corrected chi connectivity index (χ0v) is 16.9. The first kappa shape index (κ1) is 19.6. The second-order valence-electron chi connectivity index (χ2n) is 6.78. The fourth-order valence-electron chi connectivity index (χ4n) is 3.15.